The van der Waals surface area contributed by atoms with Gasteiger partial charge in [-0.25, -0.2) is 9.59 Å². The van der Waals surface area contributed by atoms with Crippen LogP contribution in [-0.2, 0) is 0 Å². The lowest BCUT2D eigenvalue weighted by Crippen LogP contribution is -2.00. The van der Waals surface area contributed by atoms with Gasteiger partial charge in [-0.2, -0.15) is 0 Å². The van der Waals surface area contributed by atoms with E-state index in [9.17, 15) is 24.6 Å². The summed E-state index contributed by atoms with van der Waals surface area (Å²) in [4.78, 5) is 34.7. The van der Waals surface area contributed by atoms with E-state index in [0.717, 1.165) is 52.4 Å². The SMILES string of the molecule is Brc1ccc(/C(=C(\c2ccccc2)c2ccc(Br)cc2)c2ccccc2)cc1.O=C(O)c1ccc(/C(=C(\c2ccccc2)c2ccc(C(=O)O)cc2)c2ccccc2)cc1.O=C(c1ccccc1)c1ccc(Br)cc1. The molecule has 0 amide bonds. The fourth-order valence-corrected chi connectivity index (χ4v) is 9.18. The number of hydrogen-bond donors (Lipinski definition) is 2. The second-order valence-electron chi connectivity index (χ2n) is 16.9. The molecule has 0 spiro atoms. The number of rotatable bonds is 12. The molecule has 10 rings (SSSR count). The van der Waals surface area contributed by atoms with Crippen LogP contribution in [0.1, 0.15) is 81.1 Å². The molecule has 0 aromatic heterocycles. The van der Waals surface area contributed by atoms with Crippen molar-refractivity contribution in [3.05, 3.63) is 353 Å². The maximum absolute atomic E-state index is 11.9. The number of aromatic carboxylic acids is 2. The molecular formula is C67H47Br3O5. The summed E-state index contributed by atoms with van der Waals surface area (Å²) in [6, 6.07) is 88.3. The summed E-state index contributed by atoms with van der Waals surface area (Å²) in [6.45, 7) is 0. The third kappa shape index (κ3) is 14.1. The molecule has 2 N–H and O–H groups in total. The second kappa shape index (κ2) is 26.1. The lowest BCUT2D eigenvalue weighted by Gasteiger charge is -2.18. The van der Waals surface area contributed by atoms with Crippen molar-refractivity contribution in [3.63, 3.8) is 0 Å². The lowest BCUT2D eigenvalue weighted by atomic mass is 9.85. The molecule has 10 aromatic carbocycles. The van der Waals surface area contributed by atoms with E-state index in [-0.39, 0.29) is 16.9 Å². The maximum Gasteiger partial charge on any atom is 0.335 e. The quantitative estimate of drug-likeness (QED) is 0.0939. The molecule has 8 heteroatoms. The number of benzene rings is 10. The molecule has 0 saturated heterocycles. The second-order valence-corrected chi connectivity index (χ2v) is 19.7. The van der Waals surface area contributed by atoms with Gasteiger partial charge < -0.3 is 10.2 Å². The minimum absolute atomic E-state index is 0.0584. The summed E-state index contributed by atoms with van der Waals surface area (Å²) in [7, 11) is 0. The van der Waals surface area contributed by atoms with Crippen LogP contribution >= 0.6 is 47.8 Å². The van der Waals surface area contributed by atoms with Gasteiger partial charge in [0.25, 0.3) is 0 Å². The first-order valence-electron chi connectivity index (χ1n) is 23.8. The number of carbonyl (C=O) groups excluding carboxylic acids is 1. The zero-order chi connectivity index (χ0) is 52.5. The topological polar surface area (TPSA) is 91.7 Å². The fourth-order valence-electron chi connectivity index (χ4n) is 8.39. The minimum Gasteiger partial charge on any atom is -0.478 e. The van der Waals surface area contributed by atoms with Crippen LogP contribution in [0.4, 0.5) is 0 Å². The van der Waals surface area contributed by atoms with Gasteiger partial charge in [-0.05, 0) is 140 Å². The van der Waals surface area contributed by atoms with E-state index in [2.05, 4.69) is 157 Å². The highest BCUT2D eigenvalue weighted by molar-refractivity contribution is 9.11. The average molecular weight is 1170 g/mol. The number of carbonyl (C=O) groups is 3. The van der Waals surface area contributed by atoms with Crippen molar-refractivity contribution < 1.29 is 24.6 Å². The van der Waals surface area contributed by atoms with Gasteiger partial charge in [-0.3, -0.25) is 4.79 Å². The minimum atomic E-state index is -0.977. The van der Waals surface area contributed by atoms with E-state index in [0.29, 0.717) is 5.56 Å². The smallest absolute Gasteiger partial charge is 0.335 e. The predicted octanol–water partition coefficient (Wildman–Crippen LogP) is 18.0. The van der Waals surface area contributed by atoms with Crippen LogP contribution in [0, 0.1) is 0 Å². The first-order chi connectivity index (χ1) is 36.5. The van der Waals surface area contributed by atoms with Crippen LogP contribution in [0.2, 0.25) is 0 Å². The molecule has 0 radical (unpaired) electrons. The highest BCUT2D eigenvalue weighted by Gasteiger charge is 2.19. The van der Waals surface area contributed by atoms with Gasteiger partial charge >= 0.3 is 11.9 Å². The van der Waals surface area contributed by atoms with Crippen LogP contribution in [0.15, 0.2) is 286 Å². The molecule has 10 aromatic rings. The summed E-state index contributed by atoms with van der Waals surface area (Å²) >= 11 is 10.5. The summed E-state index contributed by atoms with van der Waals surface area (Å²) in [6.07, 6.45) is 0. The molecule has 0 saturated carbocycles. The third-order valence-electron chi connectivity index (χ3n) is 12.0. The fraction of sp³-hybridized carbons (Fsp3) is 0. The van der Waals surface area contributed by atoms with E-state index >= 15 is 0 Å². The molecule has 0 atom stereocenters. The Morgan fingerprint density at radius 2 is 0.373 bits per heavy atom. The first kappa shape index (κ1) is 53.0. The Hall–Kier alpha value is -8.27. The molecule has 5 nitrogen and oxygen atoms in total. The van der Waals surface area contributed by atoms with E-state index in [4.69, 9.17) is 0 Å². The first-order valence-corrected chi connectivity index (χ1v) is 26.2. The Labute approximate surface area is 462 Å². The van der Waals surface area contributed by atoms with E-state index in [1.165, 1.54) is 33.4 Å². The number of ketones is 1. The van der Waals surface area contributed by atoms with Crippen molar-refractivity contribution in [3.8, 4) is 0 Å². The summed E-state index contributed by atoms with van der Waals surface area (Å²) < 4.78 is 3.13. The number of hydrogen-bond acceptors (Lipinski definition) is 3. The van der Waals surface area contributed by atoms with Gasteiger partial charge in [-0.1, -0.05) is 248 Å². The van der Waals surface area contributed by atoms with E-state index in [1.807, 2.05) is 115 Å². The molecule has 366 valence electrons. The number of carboxylic acids is 2. The van der Waals surface area contributed by atoms with Crippen molar-refractivity contribution in [1.29, 1.82) is 0 Å². The molecule has 0 bridgehead atoms. The number of carboxylic acid groups (broad SMARTS) is 2. The molecular weight excluding hydrogens is 1120 g/mol. The molecule has 0 fully saturated rings. The third-order valence-corrected chi connectivity index (χ3v) is 13.6. The van der Waals surface area contributed by atoms with Crippen molar-refractivity contribution in [2.45, 2.75) is 0 Å². The normalized spacial score (nSPS) is 11.3. The molecule has 0 aliphatic rings. The van der Waals surface area contributed by atoms with Crippen LogP contribution in [0.5, 0.6) is 0 Å². The van der Waals surface area contributed by atoms with E-state index in [1.54, 1.807) is 48.5 Å². The predicted molar refractivity (Wildman–Crippen MR) is 315 cm³/mol. The van der Waals surface area contributed by atoms with Crippen molar-refractivity contribution >= 4 is 87.8 Å². The van der Waals surface area contributed by atoms with Crippen LogP contribution in [0.25, 0.3) is 22.3 Å². The zero-order valence-corrected chi connectivity index (χ0v) is 45.0. The van der Waals surface area contributed by atoms with Gasteiger partial charge in [0, 0.05) is 24.5 Å². The van der Waals surface area contributed by atoms with Gasteiger partial charge in [0.1, 0.15) is 0 Å². The molecule has 0 heterocycles. The van der Waals surface area contributed by atoms with Crippen molar-refractivity contribution in [1.82, 2.24) is 0 Å². The Morgan fingerprint density at radius 3 is 0.600 bits per heavy atom. The van der Waals surface area contributed by atoms with Crippen molar-refractivity contribution in [2.24, 2.45) is 0 Å². The van der Waals surface area contributed by atoms with Crippen molar-refractivity contribution in [2.75, 3.05) is 0 Å². The maximum atomic E-state index is 11.9. The molecule has 0 unspecified atom stereocenters. The monoisotopic (exact) mass is 1170 g/mol. The zero-order valence-electron chi connectivity index (χ0n) is 40.2. The standard InChI is InChI=1S/C28H20O4.C26H18Br2.C13H9BrO/c29-27(30)23-15-11-21(12-16-23)25(19-7-3-1-4-8-19)26(20-9-5-2-6-10-20)22-13-17-24(18-14-22)28(31)32;27-23-15-11-21(12-16-23)25(19-7-3-1-4-8-19)26(20-9-5-2-6-10-20)22-13-17-24(28)18-14-22;14-12-8-6-11(7-9-12)13(15)10-4-2-1-3-5-10/h1-18H,(H,29,30)(H,31,32);1-18H;1-9H/b2*26-25+;. The average Bonchev–Trinajstić information content (AvgIpc) is 3.46. The summed E-state index contributed by atoms with van der Waals surface area (Å²) in [5, 5.41) is 18.6. The highest BCUT2D eigenvalue weighted by atomic mass is 79.9. The van der Waals surface area contributed by atoms with Gasteiger partial charge in [0.05, 0.1) is 11.1 Å². The van der Waals surface area contributed by atoms with Gasteiger partial charge in [0.2, 0.25) is 0 Å². The Bertz CT molecular complexity index is 3350. The van der Waals surface area contributed by atoms with Crippen LogP contribution in [0.3, 0.4) is 0 Å². The molecule has 75 heavy (non-hydrogen) atoms. The Balaban J connectivity index is 0.000000159. The Morgan fingerprint density at radius 1 is 0.213 bits per heavy atom. The summed E-state index contributed by atoms with van der Waals surface area (Å²) in [5.74, 6) is -1.90. The highest BCUT2D eigenvalue weighted by Crippen LogP contribution is 2.39. The number of halogens is 3. The van der Waals surface area contributed by atoms with Gasteiger partial charge in [0.15, 0.2) is 5.78 Å². The lowest BCUT2D eigenvalue weighted by molar-refractivity contribution is 0.0686. The Kier molecular flexibility index (Phi) is 18.5. The summed E-state index contributed by atoms with van der Waals surface area (Å²) in [5.41, 5.74) is 14.6. The largest absolute Gasteiger partial charge is 0.478 e. The van der Waals surface area contributed by atoms with E-state index < -0.39 is 11.9 Å². The van der Waals surface area contributed by atoms with Crippen LogP contribution in [-0.4, -0.2) is 27.9 Å². The van der Waals surface area contributed by atoms with Crippen LogP contribution < -0.4 is 0 Å². The molecule has 0 aliphatic carbocycles. The molecule has 0 aliphatic heterocycles. The van der Waals surface area contributed by atoms with Gasteiger partial charge in [-0.15, -0.1) is 0 Å².